The minimum absolute atomic E-state index is 0.0602. The number of hydrogen-bond donors (Lipinski definition) is 2. The molecule has 0 saturated heterocycles. The first kappa shape index (κ1) is 19.0. The quantitative estimate of drug-likeness (QED) is 0.576. The van der Waals surface area contributed by atoms with Crippen molar-refractivity contribution in [1.29, 1.82) is 0 Å². The van der Waals surface area contributed by atoms with Gasteiger partial charge in [-0.3, -0.25) is 0 Å². The molecule has 3 N–H and O–H groups in total. The number of rotatable bonds is 7. The molecular weight excluding hydrogens is 296 g/mol. The van der Waals surface area contributed by atoms with Crippen LogP contribution in [-0.2, 0) is 10.2 Å². The third-order valence-corrected chi connectivity index (χ3v) is 5.20. The normalized spacial score (nSPS) is 17.6. The molecule has 0 saturated carbocycles. The van der Waals surface area contributed by atoms with E-state index in [2.05, 4.69) is 57.3 Å². The number of methoxy groups -OCH3 is 1. The lowest BCUT2D eigenvalue weighted by Crippen LogP contribution is -2.34. The molecule has 3 nitrogen and oxygen atoms in total. The number of allylic oxidation sites excluding steroid dienone is 2. The summed E-state index contributed by atoms with van der Waals surface area (Å²) in [7, 11) is 1.73. The maximum Gasteiger partial charge on any atom is 0.0587 e. The summed E-state index contributed by atoms with van der Waals surface area (Å²) in [6.07, 6.45) is 5.87. The maximum absolute atomic E-state index is 6.30. The van der Waals surface area contributed by atoms with Crippen molar-refractivity contribution in [2.75, 3.05) is 32.5 Å². The van der Waals surface area contributed by atoms with E-state index in [1.165, 1.54) is 23.1 Å². The third-order valence-electron chi connectivity index (χ3n) is 5.20. The fourth-order valence-corrected chi connectivity index (χ4v) is 3.25. The van der Waals surface area contributed by atoms with E-state index in [1.807, 2.05) is 0 Å². The van der Waals surface area contributed by atoms with Gasteiger partial charge in [0.25, 0.3) is 0 Å². The van der Waals surface area contributed by atoms with Crippen LogP contribution in [0.1, 0.15) is 58.1 Å². The van der Waals surface area contributed by atoms with Crippen LogP contribution in [0.5, 0.6) is 0 Å². The first-order valence-electron chi connectivity index (χ1n) is 9.04. The molecule has 0 heterocycles. The molecule has 1 aromatic carbocycles. The number of ether oxygens (including phenoxy) is 1. The Kier molecular flexibility index (Phi) is 6.11. The lowest BCUT2D eigenvalue weighted by atomic mass is 9.76. The molecule has 134 valence electrons. The zero-order valence-electron chi connectivity index (χ0n) is 16.0. The van der Waals surface area contributed by atoms with Gasteiger partial charge in [0.05, 0.1) is 6.61 Å². The van der Waals surface area contributed by atoms with Gasteiger partial charge in [0, 0.05) is 36.9 Å². The van der Waals surface area contributed by atoms with Crippen molar-refractivity contribution in [2.24, 2.45) is 5.41 Å². The van der Waals surface area contributed by atoms with Crippen LogP contribution in [0.15, 0.2) is 24.3 Å². The molecule has 0 atom stereocenters. The number of nitrogen functional groups attached to an aromatic ring is 1. The van der Waals surface area contributed by atoms with E-state index in [0.717, 1.165) is 38.2 Å². The monoisotopic (exact) mass is 330 g/mol. The van der Waals surface area contributed by atoms with E-state index in [4.69, 9.17) is 10.5 Å². The van der Waals surface area contributed by atoms with Gasteiger partial charge >= 0.3 is 0 Å². The zero-order chi connectivity index (χ0) is 17.8. The second-order valence-corrected chi connectivity index (χ2v) is 8.45. The summed E-state index contributed by atoms with van der Waals surface area (Å²) < 4.78 is 5.11. The third kappa shape index (κ3) is 4.84. The molecule has 0 spiro atoms. The lowest BCUT2D eigenvalue weighted by Gasteiger charge is -2.30. The molecule has 0 unspecified atom stereocenters. The van der Waals surface area contributed by atoms with Crippen molar-refractivity contribution in [1.82, 2.24) is 5.32 Å². The van der Waals surface area contributed by atoms with Crippen molar-refractivity contribution in [3.05, 3.63) is 35.4 Å². The van der Waals surface area contributed by atoms with E-state index in [-0.39, 0.29) is 5.41 Å². The molecule has 1 aliphatic rings. The maximum atomic E-state index is 6.30. The van der Waals surface area contributed by atoms with E-state index >= 15 is 0 Å². The summed E-state index contributed by atoms with van der Waals surface area (Å²) in [5.74, 6) is 0. The van der Waals surface area contributed by atoms with E-state index in [0.29, 0.717) is 5.41 Å². The average Bonchev–Trinajstić information content (AvgIpc) is 2.52. The van der Waals surface area contributed by atoms with Gasteiger partial charge in [0.15, 0.2) is 0 Å². The molecule has 0 aliphatic heterocycles. The molecular formula is C21H34N2O. The number of anilines is 1. The van der Waals surface area contributed by atoms with Gasteiger partial charge in [-0.25, -0.2) is 0 Å². The summed E-state index contributed by atoms with van der Waals surface area (Å²) in [6, 6.07) is 6.55. The number of nitrogens with one attached hydrogen (secondary N) is 1. The highest BCUT2D eigenvalue weighted by molar-refractivity contribution is 5.76. The summed E-state index contributed by atoms with van der Waals surface area (Å²) in [4.78, 5) is 0. The number of nitrogens with two attached hydrogens (primary N) is 1. The second-order valence-electron chi connectivity index (χ2n) is 8.45. The van der Waals surface area contributed by atoms with Crippen molar-refractivity contribution < 1.29 is 4.74 Å². The smallest absolute Gasteiger partial charge is 0.0587 e. The molecule has 3 heteroatoms. The summed E-state index contributed by atoms with van der Waals surface area (Å²) in [5, 5.41) is 3.48. The molecule has 0 aromatic heterocycles. The molecule has 1 aromatic rings. The number of benzene rings is 1. The first-order valence-corrected chi connectivity index (χ1v) is 9.04. The van der Waals surface area contributed by atoms with Crippen LogP contribution in [0.4, 0.5) is 5.69 Å². The van der Waals surface area contributed by atoms with Crippen LogP contribution in [0.25, 0.3) is 5.57 Å². The van der Waals surface area contributed by atoms with Gasteiger partial charge < -0.3 is 15.8 Å². The van der Waals surface area contributed by atoms with Gasteiger partial charge in [-0.15, -0.1) is 0 Å². The highest BCUT2D eigenvalue weighted by atomic mass is 16.5. The largest absolute Gasteiger partial charge is 0.398 e. The molecule has 0 bridgehead atoms. The van der Waals surface area contributed by atoms with Gasteiger partial charge in [-0.2, -0.15) is 0 Å². The van der Waals surface area contributed by atoms with Gasteiger partial charge in [0.2, 0.25) is 0 Å². The Morgan fingerprint density at radius 1 is 1.29 bits per heavy atom. The van der Waals surface area contributed by atoms with E-state index < -0.39 is 0 Å². The Hall–Kier alpha value is -1.32. The first-order chi connectivity index (χ1) is 11.2. The Bertz CT molecular complexity index is 588. The Balaban J connectivity index is 2.17. The van der Waals surface area contributed by atoms with E-state index in [1.54, 1.807) is 7.11 Å². The number of hydrogen-bond acceptors (Lipinski definition) is 3. The minimum Gasteiger partial charge on any atom is -0.398 e. The van der Waals surface area contributed by atoms with Gasteiger partial charge in [-0.1, -0.05) is 39.8 Å². The fraction of sp³-hybridized carbons (Fsp3) is 0.619. The summed E-state index contributed by atoms with van der Waals surface area (Å²) >= 11 is 0. The summed E-state index contributed by atoms with van der Waals surface area (Å²) in [6.45, 7) is 11.8. The van der Waals surface area contributed by atoms with E-state index in [9.17, 15) is 0 Å². The zero-order valence-corrected chi connectivity index (χ0v) is 16.0. The molecule has 1 aliphatic carbocycles. The average molecular weight is 331 g/mol. The predicted octanol–water partition coefficient (Wildman–Crippen LogP) is 4.38. The van der Waals surface area contributed by atoms with Gasteiger partial charge in [0.1, 0.15) is 0 Å². The van der Waals surface area contributed by atoms with Crippen LogP contribution in [0, 0.1) is 5.41 Å². The highest BCUT2D eigenvalue weighted by Gasteiger charge is 2.25. The lowest BCUT2D eigenvalue weighted by molar-refractivity contribution is 0.197. The topological polar surface area (TPSA) is 47.3 Å². The van der Waals surface area contributed by atoms with Crippen LogP contribution in [-0.4, -0.2) is 26.8 Å². The Morgan fingerprint density at radius 2 is 2.04 bits per heavy atom. The van der Waals surface area contributed by atoms with Crippen LogP contribution >= 0.6 is 0 Å². The predicted molar refractivity (Wildman–Crippen MR) is 104 cm³/mol. The van der Waals surface area contributed by atoms with Crippen LogP contribution in [0.2, 0.25) is 0 Å². The molecule has 0 amide bonds. The van der Waals surface area contributed by atoms with Crippen molar-refractivity contribution >= 4 is 11.3 Å². The summed E-state index contributed by atoms with van der Waals surface area (Å²) in [5.41, 5.74) is 11.7. The standard InChI is InChI=1S/C21H34N2O/c1-20(2)10-8-16(9-11-20)18-14-17(6-7-19(18)22)21(3,4)15-23-12-13-24-5/h6-8,14,23H,9-13,15,22H2,1-5H3. The SMILES string of the molecule is COCCNCC(C)(C)c1ccc(N)c(C2=CCC(C)(C)CC2)c1. The molecule has 24 heavy (non-hydrogen) atoms. The Morgan fingerprint density at radius 3 is 2.67 bits per heavy atom. The Labute approximate surface area is 147 Å². The minimum atomic E-state index is 0.0602. The van der Waals surface area contributed by atoms with Crippen molar-refractivity contribution in [3.63, 3.8) is 0 Å². The highest BCUT2D eigenvalue weighted by Crippen LogP contribution is 2.40. The van der Waals surface area contributed by atoms with Crippen molar-refractivity contribution in [2.45, 2.75) is 52.4 Å². The second kappa shape index (κ2) is 7.71. The van der Waals surface area contributed by atoms with Crippen LogP contribution < -0.4 is 11.1 Å². The van der Waals surface area contributed by atoms with Gasteiger partial charge in [-0.05, 0) is 47.9 Å². The fourth-order valence-electron chi connectivity index (χ4n) is 3.25. The van der Waals surface area contributed by atoms with Crippen molar-refractivity contribution in [3.8, 4) is 0 Å². The molecule has 2 rings (SSSR count). The molecule has 0 radical (unpaired) electrons. The molecule has 0 fully saturated rings. The van der Waals surface area contributed by atoms with Crippen LogP contribution in [0.3, 0.4) is 0 Å².